The number of aromatic nitrogens is 2. The number of hydrogen-bond donors (Lipinski definition) is 2. The number of para-hydroxylation sites is 1. The fourth-order valence-corrected chi connectivity index (χ4v) is 3.98. The summed E-state index contributed by atoms with van der Waals surface area (Å²) in [5, 5.41) is 1.02. The second-order valence-corrected chi connectivity index (χ2v) is 8.02. The monoisotopic (exact) mass is 363 g/mol. The van der Waals surface area contributed by atoms with E-state index in [1.807, 2.05) is 26.0 Å². The van der Waals surface area contributed by atoms with Crippen LogP contribution >= 0.6 is 8.38 Å². The van der Waals surface area contributed by atoms with Gasteiger partial charge < -0.3 is 19.4 Å². The van der Waals surface area contributed by atoms with Crippen molar-refractivity contribution in [2.45, 2.75) is 39.2 Å². The third-order valence-corrected chi connectivity index (χ3v) is 5.28. The summed E-state index contributed by atoms with van der Waals surface area (Å²) in [5.74, 6) is 2.32. The molecule has 0 unspecified atom stereocenters. The lowest BCUT2D eigenvalue weighted by Gasteiger charge is -2.33. The maximum absolute atomic E-state index is 9.10. The van der Waals surface area contributed by atoms with Crippen LogP contribution in [0.25, 0.3) is 10.9 Å². The van der Waals surface area contributed by atoms with E-state index in [9.17, 15) is 0 Å². The van der Waals surface area contributed by atoms with Crippen molar-refractivity contribution >= 4 is 25.1 Å². The highest BCUT2D eigenvalue weighted by Gasteiger charge is 2.22. The summed E-state index contributed by atoms with van der Waals surface area (Å²) in [4.78, 5) is 29.5. The second-order valence-electron chi connectivity index (χ2n) is 6.83. The zero-order valence-corrected chi connectivity index (χ0v) is 15.7. The Morgan fingerprint density at radius 3 is 2.68 bits per heavy atom. The SMILES string of the molecule is CC(C)Oc1cccc2c(N3CCC(CCP(O)O)CC3)ncnc12. The van der Waals surface area contributed by atoms with Gasteiger partial charge in [-0.2, -0.15) is 0 Å². The van der Waals surface area contributed by atoms with Gasteiger partial charge in [-0.3, -0.25) is 0 Å². The van der Waals surface area contributed by atoms with E-state index in [2.05, 4.69) is 20.9 Å². The number of anilines is 1. The minimum absolute atomic E-state index is 0.100. The lowest BCUT2D eigenvalue weighted by Crippen LogP contribution is -2.34. The van der Waals surface area contributed by atoms with Crippen molar-refractivity contribution in [1.29, 1.82) is 0 Å². The largest absolute Gasteiger partial charge is 0.489 e. The van der Waals surface area contributed by atoms with Gasteiger partial charge >= 0.3 is 0 Å². The molecule has 1 saturated heterocycles. The van der Waals surface area contributed by atoms with Crippen molar-refractivity contribution < 1.29 is 14.5 Å². The summed E-state index contributed by atoms with van der Waals surface area (Å²) in [6.07, 6.45) is 5.23. The Morgan fingerprint density at radius 2 is 2.00 bits per heavy atom. The van der Waals surface area contributed by atoms with E-state index < -0.39 is 8.38 Å². The Morgan fingerprint density at radius 1 is 1.24 bits per heavy atom. The van der Waals surface area contributed by atoms with Gasteiger partial charge in [0.25, 0.3) is 0 Å². The van der Waals surface area contributed by atoms with Gasteiger partial charge in [0.1, 0.15) is 23.4 Å². The quantitative estimate of drug-likeness (QED) is 0.767. The van der Waals surface area contributed by atoms with Crippen LogP contribution in [0.1, 0.15) is 33.1 Å². The van der Waals surface area contributed by atoms with Crippen LogP contribution in [0.15, 0.2) is 24.5 Å². The molecule has 136 valence electrons. The average molecular weight is 363 g/mol. The van der Waals surface area contributed by atoms with Gasteiger partial charge in [0.05, 0.1) is 6.10 Å². The van der Waals surface area contributed by atoms with Gasteiger partial charge in [-0.15, -0.1) is 0 Å². The molecule has 0 aliphatic carbocycles. The molecule has 0 atom stereocenters. The van der Waals surface area contributed by atoms with Crippen molar-refractivity contribution in [3.05, 3.63) is 24.5 Å². The molecule has 0 saturated carbocycles. The molecule has 1 fully saturated rings. The van der Waals surface area contributed by atoms with E-state index in [-0.39, 0.29) is 6.10 Å². The zero-order chi connectivity index (χ0) is 17.8. The molecule has 0 radical (unpaired) electrons. The van der Waals surface area contributed by atoms with Gasteiger partial charge in [0, 0.05) is 24.6 Å². The molecule has 1 aromatic carbocycles. The van der Waals surface area contributed by atoms with Gasteiger partial charge in [-0.05, 0) is 51.2 Å². The van der Waals surface area contributed by atoms with E-state index in [4.69, 9.17) is 14.5 Å². The molecule has 0 bridgehead atoms. The molecule has 2 heterocycles. The molecule has 1 aliphatic rings. The molecular weight excluding hydrogens is 337 g/mol. The zero-order valence-electron chi connectivity index (χ0n) is 14.8. The molecule has 7 heteroatoms. The number of ether oxygens (including phenoxy) is 1. The number of nitrogens with zero attached hydrogens (tertiary/aromatic N) is 3. The fourth-order valence-electron chi connectivity index (χ4n) is 3.38. The Kier molecular flexibility index (Phi) is 6.05. The van der Waals surface area contributed by atoms with Gasteiger partial charge in [0.15, 0.2) is 8.38 Å². The Hall–Kier alpha value is -1.49. The second kappa shape index (κ2) is 8.26. The molecule has 1 aliphatic heterocycles. The molecular formula is C18H26N3O3P. The third kappa shape index (κ3) is 4.57. The van der Waals surface area contributed by atoms with Crippen LogP contribution in [0.3, 0.4) is 0 Å². The van der Waals surface area contributed by atoms with E-state index in [0.29, 0.717) is 12.1 Å². The van der Waals surface area contributed by atoms with E-state index in [1.165, 1.54) is 0 Å². The van der Waals surface area contributed by atoms with Gasteiger partial charge in [-0.1, -0.05) is 6.07 Å². The molecule has 25 heavy (non-hydrogen) atoms. The first-order valence-electron chi connectivity index (χ1n) is 8.85. The first-order chi connectivity index (χ1) is 12.0. The van der Waals surface area contributed by atoms with Crippen LogP contribution in [0, 0.1) is 5.92 Å². The van der Waals surface area contributed by atoms with Crippen molar-refractivity contribution in [2.75, 3.05) is 24.2 Å². The normalized spacial score (nSPS) is 16.2. The van der Waals surface area contributed by atoms with E-state index >= 15 is 0 Å². The average Bonchev–Trinajstić information content (AvgIpc) is 2.60. The summed E-state index contributed by atoms with van der Waals surface area (Å²) in [7, 11) is -1.76. The number of piperidine rings is 1. The van der Waals surface area contributed by atoms with Crippen LogP contribution < -0.4 is 9.64 Å². The number of rotatable bonds is 6. The highest BCUT2D eigenvalue weighted by Crippen LogP contribution is 2.34. The molecule has 0 spiro atoms. The van der Waals surface area contributed by atoms with Gasteiger partial charge in [0.2, 0.25) is 0 Å². The third-order valence-electron chi connectivity index (χ3n) is 4.62. The van der Waals surface area contributed by atoms with Crippen molar-refractivity contribution in [3.8, 4) is 5.75 Å². The molecule has 6 nitrogen and oxygen atoms in total. The van der Waals surface area contributed by atoms with Crippen LogP contribution in [0.5, 0.6) is 5.75 Å². The Bertz CT molecular complexity index is 703. The summed E-state index contributed by atoms with van der Waals surface area (Å²) < 4.78 is 5.89. The van der Waals surface area contributed by atoms with Gasteiger partial charge in [-0.25, -0.2) is 9.97 Å². The Balaban J connectivity index is 1.76. The van der Waals surface area contributed by atoms with Crippen LogP contribution in [-0.2, 0) is 0 Å². The van der Waals surface area contributed by atoms with Crippen molar-refractivity contribution in [3.63, 3.8) is 0 Å². The van der Waals surface area contributed by atoms with E-state index in [0.717, 1.165) is 54.8 Å². The maximum atomic E-state index is 9.10. The van der Waals surface area contributed by atoms with Crippen molar-refractivity contribution in [2.24, 2.45) is 5.92 Å². The lowest BCUT2D eigenvalue weighted by molar-refractivity contribution is 0.245. The predicted molar refractivity (Wildman–Crippen MR) is 101 cm³/mol. The first-order valence-corrected chi connectivity index (χ1v) is 10.3. The number of fused-ring (bicyclic) bond motifs is 1. The van der Waals surface area contributed by atoms with E-state index in [1.54, 1.807) is 6.33 Å². The topological polar surface area (TPSA) is 78.7 Å². The number of hydrogen-bond acceptors (Lipinski definition) is 6. The predicted octanol–water partition coefficient (Wildman–Crippen LogP) is 3.32. The van der Waals surface area contributed by atoms with Crippen LogP contribution in [-0.4, -0.2) is 45.1 Å². The van der Waals surface area contributed by atoms with Crippen LogP contribution in [0.4, 0.5) is 5.82 Å². The summed E-state index contributed by atoms with van der Waals surface area (Å²) >= 11 is 0. The minimum atomic E-state index is -1.76. The molecule has 3 rings (SSSR count). The minimum Gasteiger partial charge on any atom is -0.489 e. The first kappa shape index (κ1) is 18.3. The molecule has 2 N–H and O–H groups in total. The molecule has 2 aromatic rings. The van der Waals surface area contributed by atoms with Crippen LogP contribution in [0.2, 0.25) is 0 Å². The smallest absolute Gasteiger partial charge is 0.164 e. The summed E-state index contributed by atoms with van der Waals surface area (Å²) in [5.41, 5.74) is 0.856. The maximum Gasteiger partial charge on any atom is 0.164 e. The fraction of sp³-hybridized carbons (Fsp3) is 0.556. The molecule has 0 amide bonds. The Labute approximate surface area is 149 Å². The lowest BCUT2D eigenvalue weighted by atomic mass is 9.94. The highest BCUT2D eigenvalue weighted by molar-refractivity contribution is 7.45. The highest BCUT2D eigenvalue weighted by atomic mass is 31.2. The summed E-state index contributed by atoms with van der Waals surface area (Å²) in [6, 6.07) is 5.99. The summed E-state index contributed by atoms with van der Waals surface area (Å²) in [6.45, 7) is 5.88. The standard InChI is InChI=1S/C18H26N3O3P/c1-13(2)24-16-5-3-4-15-17(16)19-12-20-18(15)21-9-6-14(7-10-21)8-11-25(22)23/h3-5,12-14,22-23H,6-11H2,1-2H3. The molecule has 1 aromatic heterocycles. The number of benzene rings is 1. The van der Waals surface area contributed by atoms with Crippen molar-refractivity contribution in [1.82, 2.24) is 9.97 Å².